The summed E-state index contributed by atoms with van der Waals surface area (Å²) in [6.07, 6.45) is 3.22. The summed E-state index contributed by atoms with van der Waals surface area (Å²) in [6.45, 7) is 2.85. The topological polar surface area (TPSA) is 75.7 Å². The molecule has 1 fully saturated rings. The van der Waals surface area contributed by atoms with Crippen LogP contribution in [0.5, 0.6) is 5.75 Å². The van der Waals surface area contributed by atoms with Gasteiger partial charge in [-0.25, -0.2) is 8.42 Å². The SMILES string of the molecule is COc1ccccc1C(=O)NCCC1CCCCN1S(=O)(=O)c1ccc(C)cc1. The largest absolute Gasteiger partial charge is 0.496 e. The normalized spacial score (nSPS) is 17.7. The van der Waals surface area contributed by atoms with E-state index < -0.39 is 10.0 Å². The smallest absolute Gasteiger partial charge is 0.255 e. The van der Waals surface area contributed by atoms with Crippen molar-refractivity contribution in [2.24, 2.45) is 0 Å². The van der Waals surface area contributed by atoms with Gasteiger partial charge in [0, 0.05) is 19.1 Å². The summed E-state index contributed by atoms with van der Waals surface area (Å²) in [5, 5.41) is 2.90. The average Bonchev–Trinajstić information content (AvgIpc) is 2.74. The van der Waals surface area contributed by atoms with E-state index in [0.717, 1.165) is 24.8 Å². The van der Waals surface area contributed by atoms with Gasteiger partial charge in [-0.2, -0.15) is 4.31 Å². The molecular formula is C22H28N2O4S. The molecule has 6 nitrogen and oxygen atoms in total. The Balaban J connectivity index is 1.66. The van der Waals surface area contributed by atoms with Gasteiger partial charge in [0.25, 0.3) is 5.91 Å². The number of aryl methyl sites for hydroxylation is 1. The predicted molar refractivity (Wildman–Crippen MR) is 113 cm³/mol. The molecule has 1 saturated heterocycles. The van der Waals surface area contributed by atoms with E-state index in [1.54, 1.807) is 34.6 Å². The van der Waals surface area contributed by atoms with E-state index in [0.29, 0.717) is 35.7 Å². The van der Waals surface area contributed by atoms with Crippen molar-refractivity contribution in [3.63, 3.8) is 0 Å². The number of carbonyl (C=O) groups is 1. The maximum absolute atomic E-state index is 13.1. The summed E-state index contributed by atoms with van der Waals surface area (Å²) in [6, 6.07) is 13.9. The maximum atomic E-state index is 13.1. The zero-order chi connectivity index (χ0) is 20.9. The Hall–Kier alpha value is -2.38. The van der Waals surface area contributed by atoms with Crippen molar-refractivity contribution in [2.75, 3.05) is 20.2 Å². The van der Waals surface area contributed by atoms with Gasteiger partial charge in [0.1, 0.15) is 5.75 Å². The number of methoxy groups -OCH3 is 1. The Labute approximate surface area is 172 Å². The molecule has 1 aliphatic heterocycles. The first-order chi connectivity index (χ1) is 13.9. The molecule has 2 aromatic rings. The van der Waals surface area contributed by atoms with Gasteiger partial charge in [-0.05, 0) is 50.5 Å². The molecular weight excluding hydrogens is 388 g/mol. The van der Waals surface area contributed by atoms with E-state index in [-0.39, 0.29) is 11.9 Å². The van der Waals surface area contributed by atoms with E-state index in [1.165, 1.54) is 7.11 Å². The molecule has 1 heterocycles. The monoisotopic (exact) mass is 416 g/mol. The van der Waals surface area contributed by atoms with Crippen LogP contribution in [0, 0.1) is 6.92 Å². The van der Waals surface area contributed by atoms with E-state index in [2.05, 4.69) is 5.32 Å². The summed E-state index contributed by atoms with van der Waals surface area (Å²) < 4.78 is 33.1. The molecule has 29 heavy (non-hydrogen) atoms. The van der Waals surface area contributed by atoms with Crippen molar-refractivity contribution in [2.45, 2.75) is 43.5 Å². The van der Waals surface area contributed by atoms with Crippen LogP contribution in [0.25, 0.3) is 0 Å². The fourth-order valence-electron chi connectivity index (χ4n) is 3.70. The van der Waals surface area contributed by atoms with Gasteiger partial charge in [0.2, 0.25) is 10.0 Å². The first kappa shape index (κ1) is 21.3. The molecule has 0 aliphatic carbocycles. The lowest BCUT2D eigenvalue weighted by atomic mass is 10.0. The van der Waals surface area contributed by atoms with Crippen LogP contribution in [0.15, 0.2) is 53.4 Å². The second-order valence-corrected chi connectivity index (χ2v) is 9.21. The van der Waals surface area contributed by atoms with Crippen molar-refractivity contribution in [1.29, 1.82) is 0 Å². The second kappa shape index (κ2) is 9.41. The van der Waals surface area contributed by atoms with E-state index >= 15 is 0 Å². The second-order valence-electron chi connectivity index (χ2n) is 7.32. The molecule has 1 unspecified atom stereocenters. The number of amides is 1. The predicted octanol–water partition coefficient (Wildman–Crippen LogP) is 3.37. The number of ether oxygens (including phenoxy) is 1. The number of nitrogens with zero attached hydrogens (tertiary/aromatic N) is 1. The summed E-state index contributed by atoms with van der Waals surface area (Å²) in [5.41, 5.74) is 1.50. The van der Waals surface area contributed by atoms with Crippen LogP contribution in [0.4, 0.5) is 0 Å². The van der Waals surface area contributed by atoms with E-state index in [4.69, 9.17) is 4.74 Å². The van der Waals surface area contributed by atoms with Crippen LogP contribution in [0.1, 0.15) is 41.6 Å². The number of nitrogens with one attached hydrogen (secondary N) is 1. The number of para-hydroxylation sites is 1. The Morgan fingerprint density at radius 1 is 1.14 bits per heavy atom. The molecule has 2 aromatic carbocycles. The highest BCUT2D eigenvalue weighted by atomic mass is 32.2. The van der Waals surface area contributed by atoms with Crippen molar-refractivity contribution in [1.82, 2.24) is 9.62 Å². The van der Waals surface area contributed by atoms with E-state index in [1.807, 2.05) is 25.1 Å². The molecule has 0 aromatic heterocycles. The molecule has 0 radical (unpaired) electrons. The number of carbonyl (C=O) groups excluding carboxylic acids is 1. The molecule has 1 atom stereocenters. The standard InChI is InChI=1S/C22H28N2O4S/c1-17-10-12-19(13-11-17)29(26,27)24-16-6-5-7-18(24)14-15-23-22(25)20-8-3-4-9-21(20)28-2/h3-4,8-13,18H,5-7,14-16H2,1-2H3,(H,23,25). The molecule has 1 amide bonds. The number of benzene rings is 2. The lowest BCUT2D eigenvalue weighted by molar-refractivity contribution is 0.0946. The first-order valence-electron chi connectivity index (χ1n) is 9.93. The third-order valence-corrected chi connectivity index (χ3v) is 7.28. The van der Waals surface area contributed by atoms with Gasteiger partial charge in [-0.15, -0.1) is 0 Å². The van der Waals surface area contributed by atoms with Crippen LogP contribution >= 0.6 is 0 Å². The third kappa shape index (κ3) is 4.97. The highest BCUT2D eigenvalue weighted by molar-refractivity contribution is 7.89. The number of hydrogen-bond donors (Lipinski definition) is 1. The molecule has 156 valence electrons. The first-order valence-corrected chi connectivity index (χ1v) is 11.4. The minimum Gasteiger partial charge on any atom is -0.496 e. The Morgan fingerprint density at radius 2 is 1.86 bits per heavy atom. The Bertz CT molecular complexity index is 942. The van der Waals surface area contributed by atoms with Gasteiger partial charge >= 0.3 is 0 Å². The summed E-state index contributed by atoms with van der Waals surface area (Å²) in [4.78, 5) is 12.8. The number of sulfonamides is 1. The van der Waals surface area contributed by atoms with Crippen LogP contribution < -0.4 is 10.1 Å². The van der Waals surface area contributed by atoms with Crippen LogP contribution in [0.2, 0.25) is 0 Å². The Morgan fingerprint density at radius 3 is 2.59 bits per heavy atom. The molecule has 0 bridgehead atoms. The molecule has 0 spiro atoms. The van der Waals surface area contributed by atoms with E-state index in [9.17, 15) is 13.2 Å². The lowest BCUT2D eigenvalue weighted by Gasteiger charge is -2.34. The molecule has 1 N–H and O–H groups in total. The van der Waals surface area contributed by atoms with Gasteiger partial charge in [-0.3, -0.25) is 4.79 Å². The zero-order valence-electron chi connectivity index (χ0n) is 16.9. The maximum Gasteiger partial charge on any atom is 0.255 e. The molecule has 1 aliphatic rings. The van der Waals surface area contributed by atoms with Gasteiger partial charge in [-0.1, -0.05) is 36.2 Å². The highest BCUT2D eigenvalue weighted by Crippen LogP contribution is 2.27. The fraction of sp³-hybridized carbons (Fsp3) is 0.409. The molecule has 7 heteroatoms. The van der Waals surface area contributed by atoms with Crippen molar-refractivity contribution in [3.8, 4) is 5.75 Å². The lowest BCUT2D eigenvalue weighted by Crippen LogP contribution is -2.45. The van der Waals surface area contributed by atoms with Gasteiger partial charge in [0.15, 0.2) is 0 Å². The van der Waals surface area contributed by atoms with Crippen LogP contribution in [-0.4, -0.2) is 44.9 Å². The summed E-state index contributed by atoms with van der Waals surface area (Å²) >= 11 is 0. The highest BCUT2D eigenvalue weighted by Gasteiger charge is 2.33. The van der Waals surface area contributed by atoms with Crippen molar-refractivity contribution >= 4 is 15.9 Å². The average molecular weight is 417 g/mol. The third-order valence-electron chi connectivity index (χ3n) is 5.32. The van der Waals surface area contributed by atoms with Crippen LogP contribution in [0.3, 0.4) is 0 Å². The Kier molecular flexibility index (Phi) is 6.92. The minimum absolute atomic E-state index is 0.118. The number of piperidine rings is 1. The summed E-state index contributed by atoms with van der Waals surface area (Å²) in [7, 11) is -2.01. The van der Waals surface area contributed by atoms with Crippen molar-refractivity contribution in [3.05, 3.63) is 59.7 Å². The summed E-state index contributed by atoms with van der Waals surface area (Å²) in [5.74, 6) is 0.303. The fourth-order valence-corrected chi connectivity index (χ4v) is 5.43. The zero-order valence-corrected chi connectivity index (χ0v) is 17.7. The molecule has 3 rings (SSSR count). The van der Waals surface area contributed by atoms with Crippen LogP contribution in [-0.2, 0) is 10.0 Å². The number of hydrogen-bond acceptors (Lipinski definition) is 4. The van der Waals surface area contributed by atoms with Gasteiger partial charge < -0.3 is 10.1 Å². The van der Waals surface area contributed by atoms with Crippen molar-refractivity contribution < 1.29 is 17.9 Å². The molecule has 0 saturated carbocycles. The minimum atomic E-state index is -3.54. The van der Waals surface area contributed by atoms with Gasteiger partial charge in [0.05, 0.1) is 17.6 Å². The quantitative estimate of drug-likeness (QED) is 0.751. The number of rotatable bonds is 7.